The van der Waals surface area contributed by atoms with E-state index in [1.807, 2.05) is 0 Å². The van der Waals surface area contributed by atoms with Gasteiger partial charge in [-0.15, -0.1) is 28.2 Å². The first-order chi connectivity index (χ1) is 14.9. The number of hydrogen-bond donors (Lipinski definition) is 3. The molecule has 4 rings (SSSR count). The molecular weight excluding hydrogens is 485 g/mol. The molecule has 0 amide bonds. The van der Waals surface area contributed by atoms with Crippen molar-refractivity contribution in [3.8, 4) is 10.7 Å². The minimum atomic E-state index is -1.26. The summed E-state index contributed by atoms with van der Waals surface area (Å²) in [4.78, 5) is 8.11. The minimum Gasteiger partial charge on any atom is -0.394 e. The number of thioether (sulfide) groups is 1. The molecule has 0 radical (unpaired) electrons. The first-order valence-corrected chi connectivity index (χ1v) is 11.4. The molecule has 13 heteroatoms. The number of nitrogens with zero attached hydrogens (tertiary/aromatic N) is 5. The maximum atomic E-state index is 11.0. The largest absolute Gasteiger partial charge is 0.394 e. The SMILES string of the molecule is [C-]#[N+]c1ccc(Cl)cc1S[C@H]1OC(CO)[C@H](O)[C@H](n2cc(-c3nc(Cl)cs3)nn2)C1O. The predicted octanol–water partition coefficient (Wildman–Crippen LogP) is 3.03. The monoisotopic (exact) mass is 499 g/mol. The summed E-state index contributed by atoms with van der Waals surface area (Å²) in [5.74, 6) is 0. The number of benzene rings is 1. The van der Waals surface area contributed by atoms with Crippen LogP contribution in [0.25, 0.3) is 15.5 Å². The Bertz CT molecular complexity index is 1120. The Kier molecular flexibility index (Phi) is 6.80. The van der Waals surface area contributed by atoms with Gasteiger partial charge in [-0.25, -0.2) is 14.5 Å². The molecule has 3 heterocycles. The van der Waals surface area contributed by atoms with Gasteiger partial charge in [0.25, 0.3) is 0 Å². The minimum absolute atomic E-state index is 0.328. The van der Waals surface area contributed by atoms with Crippen LogP contribution in [0.3, 0.4) is 0 Å². The molecular formula is C18H15Cl2N5O4S2. The van der Waals surface area contributed by atoms with Crippen molar-refractivity contribution in [2.45, 2.75) is 34.7 Å². The van der Waals surface area contributed by atoms with E-state index in [9.17, 15) is 15.3 Å². The van der Waals surface area contributed by atoms with Gasteiger partial charge in [-0.3, -0.25) is 0 Å². The lowest BCUT2D eigenvalue weighted by Crippen LogP contribution is -2.55. The maximum absolute atomic E-state index is 11.0. The molecule has 1 saturated heterocycles. The fraction of sp³-hybridized carbons (Fsp3) is 0.333. The molecule has 31 heavy (non-hydrogen) atoms. The van der Waals surface area contributed by atoms with Crippen molar-refractivity contribution >= 4 is 52.0 Å². The molecule has 9 nitrogen and oxygen atoms in total. The van der Waals surface area contributed by atoms with Crippen molar-refractivity contribution in [2.75, 3.05) is 6.61 Å². The van der Waals surface area contributed by atoms with E-state index in [-0.39, 0.29) is 0 Å². The van der Waals surface area contributed by atoms with Crippen molar-refractivity contribution in [1.29, 1.82) is 0 Å². The Balaban J connectivity index is 1.64. The van der Waals surface area contributed by atoms with Gasteiger partial charge in [0.15, 0.2) is 0 Å². The van der Waals surface area contributed by atoms with Gasteiger partial charge in [-0.2, -0.15) is 0 Å². The molecule has 3 aromatic rings. The Morgan fingerprint density at radius 3 is 2.77 bits per heavy atom. The Hall–Kier alpha value is -1.75. The predicted molar refractivity (Wildman–Crippen MR) is 117 cm³/mol. The Morgan fingerprint density at radius 1 is 1.29 bits per heavy atom. The molecule has 1 aromatic carbocycles. The van der Waals surface area contributed by atoms with E-state index in [1.165, 1.54) is 22.2 Å². The molecule has 1 aliphatic rings. The van der Waals surface area contributed by atoms with Crippen LogP contribution in [-0.4, -0.2) is 65.7 Å². The summed E-state index contributed by atoms with van der Waals surface area (Å²) in [7, 11) is 0. The van der Waals surface area contributed by atoms with E-state index in [2.05, 4.69) is 20.1 Å². The fourth-order valence-corrected chi connectivity index (χ4v) is 5.48. The summed E-state index contributed by atoms with van der Waals surface area (Å²) >= 11 is 14.3. The summed E-state index contributed by atoms with van der Waals surface area (Å²) in [5, 5.41) is 42.5. The average molecular weight is 500 g/mol. The first kappa shape index (κ1) is 22.4. The number of halogens is 2. The summed E-state index contributed by atoms with van der Waals surface area (Å²) in [6.07, 6.45) is -1.94. The fourth-order valence-electron chi connectivity index (χ4n) is 3.17. The van der Waals surface area contributed by atoms with E-state index in [1.54, 1.807) is 23.6 Å². The molecule has 1 fully saturated rings. The zero-order valence-corrected chi connectivity index (χ0v) is 18.7. The van der Waals surface area contributed by atoms with Crippen LogP contribution in [0, 0.1) is 6.57 Å². The van der Waals surface area contributed by atoms with Crippen molar-refractivity contribution < 1.29 is 20.1 Å². The lowest BCUT2D eigenvalue weighted by atomic mass is 9.97. The third-order valence-electron chi connectivity index (χ3n) is 4.64. The average Bonchev–Trinajstić information content (AvgIpc) is 3.39. The van der Waals surface area contributed by atoms with Crippen molar-refractivity contribution in [3.63, 3.8) is 0 Å². The van der Waals surface area contributed by atoms with Crippen LogP contribution in [0.15, 0.2) is 34.7 Å². The number of aliphatic hydroxyl groups excluding tert-OH is 3. The lowest BCUT2D eigenvalue weighted by Gasteiger charge is -2.41. The highest BCUT2D eigenvalue weighted by Crippen LogP contribution is 2.42. The summed E-state index contributed by atoms with van der Waals surface area (Å²) in [5.41, 5.74) is -0.138. The standard InChI is InChI=1S/C18H15Cl2N5O4S2/c1-21-9-3-2-8(19)4-12(9)31-18-16(28)14(15(27)11(6-26)29-18)25-5-10(23-24-25)17-22-13(20)7-30-17/h2-5,7,11,14-16,18,26-28H,6H2/t11?,14-,15-,16?,18+/m0/s1. The first-order valence-electron chi connectivity index (χ1n) is 8.90. The lowest BCUT2D eigenvalue weighted by molar-refractivity contribution is -0.178. The smallest absolute Gasteiger partial charge is 0.200 e. The van der Waals surface area contributed by atoms with Crippen LogP contribution in [-0.2, 0) is 4.74 Å². The highest BCUT2D eigenvalue weighted by atomic mass is 35.5. The Morgan fingerprint density at radius 2 is 2.10 bits per heavy atom. The highest BCUT2D eigenvalue weighted by Gasteiger charge is 2.46. The summed E-state index contributed by atoms with van der Waals surface area (Å²) in [6.45, 7) is 6.86. The van der Waals surface area contributed by atoms with Crippen molar-refractivity contribution in [1.82, 2.24) is 20.0 Å². The van der Waals surface area contributed by atoms with Gasteiger partial charge < -0.3 is 20.1 Å². The van der Waals surface area contributed by atoms with Gasteiger partial charge >= 0.3 is 0 Å². The van der Waals surface area contributed by atoms with Crippen LogP contribution >= 0.6 is 46.3 Å². The molecule has 2 unspecified atom stereocenters. The zero-order chi connectivity index (χ0) is 22.1. The molecule has 0 aliphatic carbocycles. The number of rotatable bonds is 5. The summed E-state index contributed by atoms with van der Waals surface area (Å²) in [6, 6.07) is 3.81. The van der Waals surface area contributed by atoms with Gasteiger partial charge in [0.05, 0.1) is 19.4 Å². The topological polar surface area (TPSA) is 118 Å². The third kappa shape index (κ3) is 4.57. The molecule has 3 N–H and O–H groups in total. The second-order valence-electron chi connectivity index (χ2n) is 6.60. The van der Waals surface area contributed by atoms with Crippen LogP contribution < -0.4 is 0 Å². The molecule has 5 atom stereocenters. The van der Waals surface area contributed by atoms with E-state index in [0.717, 1.165) is 11.8 Å². The molecule has 0 bridgehead atoms. The maximum Gasteiger partial charge on any atom is 0.200 e. The molecule has 2 aromatic heterocycles. The highest BCUT2D eigenvalue weighted by molar-refractivity contribution is 8.00. The number of aromatic nitrogens is 4. The van der Waals surface area contributed by atoms with Gasteiger partial charge in [0.1, 0.15) is 45.6 Å². The van der Waals surface area contributed by atoms with Gasteiger partial charge in [0.2, 0.25) is 5.69 Å². The van der Waals surface area contributed by atoms with Gasteiger partial charge in [-0.1, -0.05) is 40.5 Å². The quantitative estimate of drug-likeness (QED) is 0.458. The molecule has 1 aliphatic heterocycles. The van der Waals surface area contributed by atoms with E-state index in [4.69, 9.17) is 34.5 Å². The molecule has 0 saturated carbocycles. The molecule has 0 spiro atoms. The number of aliphatic hydroxyl groups is 3. The molecule has 162 valence electrons. The van der Waals surface area contributed by atoms with E-state index in [0.29, 0.717) is 31.5 Å². The van der Waals surface area contributed by atoms with Gasteiger partial charge in [0, 0.05) is 15.3 Å². The second kappa shape index (κ2) is 9.40. The van der Waals surface area contributed by atoms with Crippen LogP contribution in [0.5, 0.6) is 0 Å². The summed E-state index contributed by atoms with van der Waals surface area (Å²) < 4.78 is 7.05. The number of thiazole rings is 1. The van der Waals surface area contributed by atoms with Gasteiger partial charge in [-0.05, 0) is 6.07 Å². The van der Waals surface area contributed by atoms with Crippen molar-refractivity contribution in [2.24, 2.45) is 0 Å². The zero-order valence-electron chi connectivity index (χ0n) is 15.5. The van der Waals surface area contributed by atoms with Crippen LogP contribution in [0.1, 0.15) is 6.04 Å². The normalized spacial score (nSPS) is 26.0. The second-order valence-corrected chi connectivity index (χ2v) is 9.42. The van der Waals surface area contributed by atoms with E-state index >= 15 is 0 Å². The Labute approximate surface area is 195 Å². The van der Waals surface area contributed by atoms with Crippen LogP contribution in [0.4, 0.5) is 5.69 Å². The number of hydrogen-bond acceptors (Lipinski definition) is 9. The third-order valence-corrected chi connectivity index (χ3v) is 7.27. The van der Waals surface area contributed by atoms with E-state index < -0.39 is 36.4 Å². The van der Waals surface area contributed by atoms with Crippen molar-refractivity contribution in [3.05, 3.63) is 51.4 Å². The van der Waals surface area contributed by atoms with Crippen LogP contribution in [0.2, 0.25) is 10.2 Å². The number of ether oxygens (including phenoxy) is 1.